The monoisotopic (exact) mass is 334 g/mol. The maximum atomic E-state index is 12.5. The van der Waals surface area contributed by atoms with E-state index in [-0.39, 0.29) is 11.2 Å². The van der Waals surface area contributed by atoms with Gasteiger partial charge in [0.15, 0.2) is 22.7 Å². The predicted molar refractivity (Wildman–Crippen MR) is 91.4 cm³/mol. The number of rotatable bonds is 3. The summed E-state index contributed by atoms with van der Waals surface area (Å²) in [4.78, 5) is 24.6. The van der Waals surface area contributed by atoms with E-state index in [4.69, 9.17) is 4.42 Å². The molecule has 0 saturated carbocycles. The second-order valence-electron chi connectivity index (χ2n) is 5.65. The fraction of sp³-hybridized carbons (Fsp3) is 0.111. The van der Waals surface area contributed by atoms with E-state index in [1.165, 1.54) is 6.07 Å². The van der Waals surface area contributed by atoms with Gasteiger partial charge < -0.3 is 9.73 Å². The van der Waals surface area contributed by atoms with Gasteiger partial charge in [-0.05, 0) is 31.2 Å². The highest BCUT2D eigenvalue weighted by molar-refractivity contribution is 5.93. The number of nitrogens with one attached hydrogen (secondary N) is 1. The van der Waals surface area contributed by atoms with Crippen molar-refractivity contribution in [1.29, 1.82) is 0 Å². The highest BCUT2D eigenvalue weighted by atomic mass is 16.3. The van der Waals surface area contributed by atoms with Crippen LogP contribution in [-0.2, 0) is 0 Å². The van der Waals surface area contributed by atoms with E-state index in [0.29, 0.717) is 22.4 Å². The Morgan fingerprint density at radius 1 is 1.16 bits per heavy atom. The Morgan fingerprint density at radius 3 is 2.84 bits per heavy atom. The number of carbonyl (C=O) groups excluding carboxylic acids is 1. The van der Waals surface area contributed by atoms with Gasteiger partial charge in [-0.2, -0.15) is 0 Å². The molecule has 1 aromatic carbocycles. The van der Waals surface area contributed by atoms with Gasteiger partial charge >= 0.3 is 0 Å². The van der Waals surface area contributed by atoms with Crippen molar-refractivity contribution in [3.05, 3.63) is 76.5 Å². The minimum absolute atomic E-state index is 0.0376. The fourth-order valence-corrected chi connectivity index (χ4v) is 2.70. The van der Waals surface area contributed by atoms with Crippen LogP contribution in [0.2, 0.25) is 0 Å². The maximum absolute atomic E-state index is 12.5. The van der Waals surface area contributed by atoms with E-state index in [9.17, 15) is 9.59 Å². The molecule has 0 saturated heterocycles. The first kappa shape index (κ1) is 15.1. The molecule has 3 heterocycles. The van der Waals surface area contributed by atoms with Crippen LogP contribution in [0.3, 0.4) is 0 Å². The average molecular weight is 334 g/mol. The summed E-state index contributed by atoms with van der Waals surface area (Å²) in [7, 11) is 0. The molecule has 0 aliphatic rings. The average Bonchev–Trinajstić information content (AvgIpc) is 3.06. The summed E-state index contributed by atoms with van der Waals surface area (Å²) < 4.78 is 7.35. The zero-order valence-electron chi connectivity index (χ0n) is 13.3. The molecule has 4 aromatic rings. The van der Waals surface area contributed by atoms with Crippen LogP contribution in [0.15, 0.2) is 63.9 Å². The number of benzene rings is 1. The largest absolute Gasteiger partial charge is 0.451 e. The van der Waals surface area contributed by atoms with E-state index in [1.807, 2.05) is 24.4 Å². The van der Waals surface area contributed by atoms with Gasteiger partial charge in [-0.15, -0.1) is 10.2 Å². The van der Waals surface area contributed by atoms with E-state index >= 15 is 0 Å². The molecule has 0 unspecified atom stereocenters. The second kappa shape index (κ2) is 5.86. The summed E-state index contributed by atoms with van der Waals surface area (Å²) in [6.07, 6.45) is 1.82. The Balaban J connectivity index is 1.64. The highest BCUT2D eigenvalue weighted by Crippen LogP contribution is 2.15. The summed E-state index contributed by atoms with van der Waals surface area (Å²) in [5.41, 5.74) is 0.809. The van der Waals surface area contributed by atoms with Crippen molar-refractivity contribution in [2.75, 3.05) is 0 Å². The lowest BCUT2D eigenvalue weighted by Crippen LogP contribution is -2.28. The summed E-state index contributed by atoms with van der Waals surface area (Å²) in [6, 6.07) is 13.1. The van der Waals surface area contributed by atoms with Crippen molar-refractivity contribution in [2.45, 2.75) is 13.0 Å². The van der Waals surface area contributed by atoms with Crippen LogP contribution in [0, 0.1) is 0 Å². The number of hydrogen-bond acceptors (Lipinski definition) is 5. The quantitative estimate of drug-likeness (QED) is 0.621. The molecule has 124 valence electrons. The number of fused-ring (bicyclic) bond motifs is 2. The maximum Gasteiger partial charge on any atom is 0.287 e. The van der Waals surface area contributed by atoms with Crippen LogP contribution < -0.4 is 10.7 Å². The third-order valence-electron chi connectivity index (χ3n) is 3.93. The molecule has 4 rings (SSSR count). The first-order chi connectivity index (χ1) is 12.1. The van der Waals surface area contributed by atoms with E-state index in [1.54, 1.807) is 35.6 Å². The summed E-state index contributed by atoms with van der Waals surface area (Å²) in [6.45, 7) is 1.79. The van der Waals surface area contributed by atoms with Gasteiger partial charge in [0.1, 0.15) is 5.58 Å². The summed E-state index contributed by atoms with van der Waals surface area (Å²) in [5, 5.41) is 11.4. The van der Waals surface area contributed by atoms with Crippen LogP contribution in [0.4, 0.5) is 0 Å². The molecule has 7 heteroatoms. The lowest BCUT2D eigenvalue weighted by Gasteiger charge is -2.12. The van der Waals surface area contributed by atoms with Gasteiger partial charge in [-0.3, -0.25) is 14.0 Å². The molecular weight excluding hydrogens is 320 g/mol. The van der Waals surface area contributed by atoms with Crippen LogP contribution >= 0.6 is 0 Å². The zero-order valence-corrected chi connectivity index (χ0v) is 13.3. The highest BCUT2D eigenvalue weighted by Gasteiger charge is 2.19. The fourth-order valence-electron chi connectivity index (χ4n) is 2.70. The van der Waals surface area contributed by atoms with Gasteiger partial charge in [0, 0.05) is 12.3 Å². The Morgan fingerprint density at radius 2 is 1.96 bits per heavy atom. The zero-order chi connectivity index (χ0) is 17.4. The van der Waals surface area contributed by atoms with E-state index < -0.39 is 11.9 Å². The van der Waals surface area contributed by atoms with Crippen molar-refractivity contribution in [2.24, 2.45) is 0 Å². The van der Waals surface area contributed by atoms with Crippen LogP contribution in [-0.4, -0.2) is 20.5 Å². The third kappa shape index (κ3) is 2.65. The topological polar surface area (TPSA) is 89.5 Å². The molecule has 1 atom stereocenters. The SMILES string of the molecule is C[C@H](NC(=O)c1cc(=O)c2ccccc2o1)c1nnc2ccccn12. The van der Waals surface area contributed by atoms with Crippen LogP contribution in [0.1, 0.15) is 29.3 Å². The lowest BCUT2D eigenvalue weighted by molar-refractivity contribution is 0.0910. The van der Waals surface area contributed by atoms with Crippen molar-refractivity contribution in [1.82, 2.24) is 19.9 Å². The molecule has 3 aromatic heterocycles. The van der Waals surface area contributed by atoms with Crippen molar-refractivity contribution in [3.8, 4) is 0 Å². The molecule has 0 aliphatic heterocycles. The van der Waals surface area contributed by atoms with Gasteiger partial charge in [-0.25, -0.2) is 0 Å². The Kier molecular flexibility index (Phi) is 3.53. The van der Waals surface area contributed by atoms with E-state index in [2.05, 4.69) is 15.5 Å². The first-order valence-corrected chi connectivity index (χ1v) is 7.77. The third-order valence-corrected chi connectivity index (χ3v) is 3.93. The molecule has 25 heavy (non-hydrogen) atoms. The smallest absolute Gasteiger partial charge is 0.287 e. The second-order valence-corrected chi connectivity index (χ2v) is 5.65. The number of aromatic nitrogens is 3. The van der Waals surface area contributed by atoms with Crippen LogP contribution in [0.5, 0.6) is 0 Å². The van der Waals surface area contributed by atoms with Crippen molar-refractivity contribution in [3.63, 3.8) is 0 Å². The molecule has 7 nitrogen and oxygen atoms in total. The summed E-state index contributed by atoms with van der Waals surface area (Å²) >= 11 is 0. The minimum atomic E-state index is -0.483. The molecule has 0 aliphatic carbocycles. The number of nitrogens with zero attached hydrogens (tertiary/aromatic N) is 3. The van der Waals surface area contributed by atoms with Gasteiger partial charge in [0.25, 0.3) is 5.91 Å². The molecule has 0 spiro atoms. The molecule has 1 amide bonds. The summed E-state index contributed by atoms with van der Waals surface area (Å²) in [5.74, 6) is 0.0690. The number of carbonyl (C=O) groups is 1. The number of hydrogen-bond donors (Lipinski definition) is 1. The number of pyridine rings is 1. The Bertz CT molecular complexity index is 1150. The Hall–Kier alpha value is -3.48. The van der Waals surface area contributed by atoms with Crippen LogP contribution in [0.25, 0.3) is 16.6 Å². The molecule has 1 N–H and O–H groups in total. The van der Waals surface area contributed by atoms with E-state index in [0.717, 1.165) is 0 Å². The van der Waals surface area contributed by atoms with Gasteiger partial charge in [-0.1, -0.05) is 18.2 Å². The van der Waals surface area contributed by atoms with Gasteiger partial charge in [0.05, 0.1) is 11.4 Å². The van der Waals surface area contributed by atoms with Crippen molar-refractivity contribution < 1.29 is 9.21 Å². The predicted octanol–water partition coefficient (Wildman–Crippen LogP) is 2.33. The normalized spacial score (nSPS) is 12.4. The standard InChI is InChI=1S/C18H14N4O3/c1-11(17-21-20-16-8-4-5-9-22(16)17)19-18(24)15-10-13(23)12-6-2-3-7-14(12)25-15/h2-11H,1H3,(H,19,24)/t11-/m0/s1. The van der Waals surface area contributed by atoms with Gasteiger partial charge in [0.2, 0.25) is 0 Å². The molecule has 0 radical (unpaired) electrons. The molecule has 0 fully saturated rings. The lowest BCUT2D eigenvalue weighted by atomic mass is 10.2. The Labute approximate surface area is 141 Å². The van der Waals surface area contributed by atoms with Crippen molar-refractivity contribution >= 4 is 22.5 Å². The number of amides is 1. The first-order valence-electron chi connectivity index (χ1n) is 7.77. The molecular formula is C18H14N4O3. The number of para-hydroxylation sites is 1. The minimum Gasteiger partial charge on any atom is -0.451 e. The molecule has 0 bridgehead atoms.